The zero-order valence-electron chi connectivity index (χ0n) is 21.1. The third-order valence-electron chi connectivity index (χ3n) is 6.17. The van der Waals surface area contributed by atoms with E-state index >= 15 is 0 Å². The van der Waals surface area contributed by atoms with Crippen LogP contribution in [0.1, 0.15) is 43.2 Å². The first-order valence-corrected chi connectivity index (χ1v) is 14.0. The third-order valence-corrected chi connectivity index (χ3v) is 7.78. The zero-order chi connectivity index (χ0) is 28.2. The summed E-state index contributed by atoms with van der Waals surface area (Å²) in [7, 11) is -4.59. The number of rotatable bonds is 4. The van der Waals surface area contributed by atoms with Gasteiger partial charge in [0.15, 0.2) is 0 Å². The van der Waals surface area contributed by atoms with Gasteiger partial charge in [-0.1, -0.05) is 54.1 Å². The molecule has 2 aliphatic heterocycles. The SMILES string of the molecule is CC(=O)N/C(N)=N/C(=N/S(=O)(=O)N1CCCC(F)(F)C1)N1CCC(c2ccccc2)C(c2ccc(Cl)cc2)=N1. The highest BCUT2D eigenvalue weighted by molar-refractivity contribution is 7.87. The molecule has 10 nitrogen and oxygen atoms in total. The van der Waals surface area contributed by atoms with Crippen LogP contribution in [0.25, 0.3) is 0 Å². The number of alkyl halides is 2. The minimum Gasteiger partial charge on any atom is -0.369 e. The van der Waals surface area contributed by atoms with Gasteiger partial charge in [0.05, 0.1) is 12.3 Å². The first kappa shape index (κ1) is 28.6. The van der Waals surface area contributed by atoms with Crippen molar-refractivity contribution in [2.45, 2.75) is 38.0 Å². The molecule has 2 aliphatic rings. The van der Waals surface area contributed by atoms with E-state index in [0.717, 1.165) is 11.1 Å². The first-order chi connectivity index (χ1) is 18.4. The molecule has 208 valence electrons. The number of aliphatic imine (C=N–C) groups is 1. The van der Waals surface area contributed by atoms with Crippen LogP contribution in [0, 0.1) is 0 Å². The molecule has 1 unspecified atom stereocenters. The van der Waals surface area contributed by atoms with E-state index < -0.39 is 46.9 Å². The van der Waals surface area contributed by atoms with Crippen molar-refractivity contribution in [2.24, 2.45) is 20.2 Å². The maximum Gasteiger partial charge on any atom is 0.325 e. The molecule has 0 aromatic heterocycles. The fourth-order valence-electron chi connectivity index (χ4n) is 4.40. The van der Waals surface area contributed by atoms with Gasteiger partial charge in [0.25, 0.3) is 11.9 Å². The van der Waals surface area contributed by atoms with Crippen LogP contribution in [-0.4, -0.2) is 66.8 Å². The summed E-state index contributed by atoms with van der Waals surface area (Å²) in [5, 5.41) is 8.74. The molecule has 2 heterocycles. The molecule has 1 saturated heterocycles. The quantitative estimate of drug-likeness (QED) is 0.423. The lowest BCUT2D eigenvalue weighted by Gasteiger charge is -2.32. The van der Waals surface area contributed by atoms with Crippen molar-refractivity contribution < 1.29 is 22.0 Å². The lowest BCUT2D eigenvalue weighted by molar-refractivity contribution is -0.117. The van der Waals surface area contributed by atoms with Crippen LogP contribution in [0.5, 0.6) is 0 Å². The maximum atomic E-state index is 14.0. The van der Waals surface area contributed by atoms with Crippen molar-refractivity contribution in [3.05, 3.63) is 70.7 Å². The Kier molecular flexibility index (Phi) is 8.62. The number of carbonyl (C=O) groups is 1. The van der Waals surface area contributed by atoms with E-state index in [2.05, 4.69) is 14.7 Å². The van der Waals surface area contributed by atoms with Crippen LogP contribution < -0.4 is 11.1 Å². The van der Waals surface area contributed by atoms with Crippen molar-refractivity contribution in [3.8, 4) is 0 Å². The second-order valence-electron chi connectivity index (χ2n) is 9.21. The summed E-state index contributed by atoms with van der Waals surface area (Å²) in [4.78, 5) is 15.5. The summed E-state index contributed by atoms with van der Waals surface area (Å²) < 4.78 is 58.6. The number of hydrogen-bond donors (Lipinski definition) is 2. The van der Waals surface area contributed by atoms with Gasteiger partial charge in [0.2, 0.25) is 11.9 Å². The zero-order valence-corrected chi connectivity index (χ0v) is 22.7. The minimum atomic E-state index is -4.59. The van der Waals surface area contributed by atoms with Crippen molar-refractivity contribution in [2.75, 3.05) is 19.6 Å². The Labute approximate surface area is 230 Å². The largest absolute Gasteiger partial charge is 0.369 e. The topological polar surface area (TPSA) is 133 Å². The van der Waals surface area contributed by atoms with Crippen LogP contribution in [0.15, 0.2) is 69.1 Å². The van der Waals surface area contributed by atoms with E-state index in [9.17, 15) is 22.0 Å². The average molecular weight is 580 g/mol. The van der Waals surface area contributed by atoms with Crippen molar-refractivity contribution in [1.29, 1.82) is 0 Å². The molecule has 4 rings (SSSR count). The van der Waals surface area contributed by atoms with Gasteiger partial charge in [-0.25, -0.2) is 13.8 Å². The molecular formula is C25H28ClF2N7O3S. The summed E-state index contributed by atoms with van der Waals surface area (Å²) in [5.74, 6) is -4.75. The molecule has 14 heteroatoms. The van der Waals surface area contributed by atoms with Crippen LogP contribution in [0.3, 0.4) is 0 Å². The number of hydrazone groups is 1. The van der Waals surface area contributed by atoms with E-state index in [1.807, 2.05) is 30.3 Å². The van der Waals surface area contributed by atoms with E-state index in [4.69, 9.17) is 22.4 Å². The fraction of sp³-hybridized carbons (Fsp3) is 0.360. The van der Waals surface area contributed by atoms with Gasteiger partial charge in [-0.2, -0.15) is 22.8 Å². The highest BCUT2D eigenvalue weighted by Crippen LogP contribution is 2.31. The van der Waals surface area contributed by atoms with Crippen molar-refractivity contribution in [3.63, 3.8) is 0 Å². The summed E-state index contributed by atoms with van der Waals surface area (Å²) in [6.45, 7) is 0.271. The standard InChI is InChI=1S/C25H28ClF2N7O3S/c1-17(36)30-23(29)31-24(33-39(37,38)34-14-5-13-25(27,28)16-34)35-15-12-21(18-6-3-2-4-7-18)22(32-35)19-8-10-20(26)11-9-19/h2-4,6-11,21H,5,12-16H2,1H3,(H3,29,30,31,33,36). The minimum absolute atomic E-state index is 0.0181. The second kappa shape index (κ2) is 11.8. The average Bonchev–Trinajstić information content (AvgIpc) is 2.88. The summed E-state index contributed by atoms with van der Waals surface area (Å²) >= 11 is 6.09. The number of hydrogen-bond acceptors (Lipinski definition) is 4. The van der Waals surface area contributed by atoms with Crippen LogP contribution >= 0.6 is 11.6 Å². The number of guanidine groups is 2. The van der Waals surface area contributed by atoms with Crippen molar-refractivity contribution >= 4 is 45.3 Å². The van der Waals surface area contributed by atoms with E-state index in [-0.39, 0.29) is 25.4 Å². The van der Waals surface area contributed by atoms with Gasteiger partial charge >= 0.3 is 10.2 Å². The molecular weight excluding hydrogens is 552 g/mol. The first-order valence-electron chi connectivity index (χ1n) is 12.2. The maximum absolute atomic E-state index is 14.0. The fourth-order valence-corrected chi connectivity index (χ4v) is 5.70. The molecule has 1 atom stereocenters. The predicted octanol–water partition coefficient (Wildman–Crippen LogP) is 3.32. The lowest BCUT2D eigenvalue weighted by Crippen LogP contribution is -2.46. The van der Waals surface area contributed by atoms with Gasteiger partial charge in [0.1, 0.15) is 0 Å². The van der Waals surface area contributed by atoms with E-state index in [1.165, 1.54) is 11.9 Å². The number of nitrogens with one attached hydrogen (secondary N) is 1. The van der Waals surface area contributed by atoms with Gasteiger partial charge in [0, 0.05) is 37.4 Å². The van der Waals surface area contributed by atoms with Crippen molar-refractivity contribution in [1.82, 2.24) is 14.6 Å². The molecule has 1 amide bonds. The highest BCUT2D eigenvalue weighted by atomic mass is 35.5. The Morgan fingerprint density at radius 2 is 1.85 bits per heavy atom. The Hall–Kier alpha value is -3.42. The van der Waals surface area contributed by atoms with Crippen LogP contribution in [0.4, 0.5) is 8.78 Å². The van der Waals surface area contributed by atoms with E-state index in [0.29, 0.717) is 21.5 Å². The molecule has 0 aliphatic carbocycles. The van der Waals surface area contributed by atoms with Gasteiger partial charge in [-0.05, 0) is 36.1 Å². The Morgan fingerprint density at radius 1 is 1.15 bits per heavy atom. The number of benzene rings is 2. The smallest absolute Gasteiger partial charge is 0.325 e. The molecule has 0 spiro atoms. The highest BCUT2D eigenvalue weighted by Gasteiger charge is 2.40. The molecule has 1 fully saturated rings. The molecule has 0 radical (unpaired) electrons. The molecule has 2 aromatic carbocycles. The van der Waals surface area contributed by atoms with Crippen LogP contribution in [-0.2, 0) is 15.0 Å². The van der Waals surface area contributed by atoms with Gasteiger partial charge in [-0.3, -0.25) is 10.1 Å². The van der Waals surface area contributed by atoms with E-state index in [1.54, 1.807) is 24.3 Å². The lowest BCUT2D eigenvalue weighted by atomic mass is 9.86. The summed E-state index contributed by atoms with van der Waals surface area (Å²) in [6.07, 6.45) is 0.0581. The predicted molar refractivity (Wildman–Crippen MR) is 146 cm³/mol. The number of nitrogens with two attached hydrogens (primary N) is 1. The Morgan fingerprint density at radius 3 is 2.49 bits per heavy atom. The Balaban J connectivity index is 1.80. The molecule has 39 heavy (non-hydrogen) atoms. The monoisotopic (exact) mass is 579 g/mol. The normalized spacial score (nSPS) is 20.9. The number of amides is 1. The van der Waals surface area contributed by atoms with Gasteiger partial charge in [-0.15, -0.1) is 4.40 Å². The summed E-state index contributed by atoms with van der Waals surface area (Å²) in [6, 6.07) is 16.7. The number of nitrogens with zero attached hydrogens (tertiary/aromatic N) is 5. The molecule has 2 aromatic rings. The third kappa shape index (κ3) is 7.37. The number of piperidine rings is 1. The molecule has 3 N–H and O–H groups in total. The Bertz CT molecular complexity index is 1400. The number of halogens is 3. The van der Waals surface area contributed by atoms with Gasteiger partial charge < -0.3 is 5.73 Å². The number of carbonyl (C=O) groups excluding carboxylic acids is 1. The molecule has 0 saturated carbocycles. The molecule has 0 bridgehead atoms. The second-order valence-corrected chi connectivity index (χ2v) is 11.2. The van der Waals surface area contributed by atoms with Crippen LogP contribution in [0.2, 0.25) is 5.02 Å². The summed E-state index contributed by atoms with van der Waals surface area (Å²) in [5.41, 5.74) is 8.14.